The van der Waals surface area contributed by atoms with Gasteiger partial charge in [0.15, 0.2) is 11.8 Å². The van der Waals surface area contributed by atoms with E-state index in [1.807, 2.05) is 0 Å². The van der Waals surface area contributed by atoms with Crippen molar-refractivity contribution in [2.75, 3.05) is 11.4 Å². The molecule has 0 bridgehead atoms. The van der Waals surface area contributed by atoms with Crippen LogP contribution in [0.4, 0.5) is 14.5 Å². The lowest BCUT2D eigenvalue weighted by Gasteiger charge is -2.34. The maximum absolute atomic E-state index is 14.1. The third-order valence-corrected chi connectivity index (χ3v) is 5.98. The second kappa shape index (κ2) is 8.40. The number of carbonyl (C=O) groups excluding carboxylic acids is 1. The lowest BCUT2D eigenvalue weighted by Crippen LogP contribution is -2.41. The van der Waals surface area contributed by atoms with Gasteiger partial charge in [0.1, 0.15) is 11.6 Å². The van der Waals surface area contributed by atoms with Crippen LogP contribution in [0.3, 0.4) is 0 Å². The van der Waals surface area contributed by atoms with Gasteiger partial charge in [-0.3, -0.25) is 9.36 Å². The molecule has 1 atom stereocenters. The van der Waals surface area contributed by atoms with Crippen LogP contribution in [0.15, 0.2) is 42.5 Å². The minimum Gasteiger partial charge on any atom is -0.494 e. The van der Waals surface area contributed by atoms with E-state index in [-0.39, 0.29) is 46.6 Å². The first-order valence-electron chi connectivity index (χ1n) is 9.58. The van der Waals surface area contributed by atoms with Gasteiger partial charge in [-0.2, -0.15) is 0 Å². The number of piperidine rings is 1. The van der Waals surface area contributed by atoms with Crippen molar-refractivity contribution in [1.82, 2.24) is 4.57 Å². The Bertz CT molecular complexity index is 1120. The molecule has 0 spiro atoms. The molecule has 0 saturated carbocycles. The van der Waals surface area contributed by atoms with Gasteiger partial charge in [-0.15, -0.1) is 0 Å². The van der Waals surface area contributed by atoms with Crippen LogP contribution in [0, 0.1) is 17.6 Å². The molecular formula is C22H18Cl2F2N2O3. The zero-order valence-corrected chi connectivity index (χ0v) is 17.7. The Morgan fingerprint density at radius 2 is 1.65 bits per heavy atom. The molecule has 1 saturated heterocycles. The fraction of sp³-hybridized carbons (Fsp3) is 0.227. The van der Waals surface area contributed by atoms with Gasteiger partial charge in [0, 0.05) is 31.2 Å². The number of hydrogen-bond donors (Lipinski definition) is 2. The van der Waals surface area contributed by atoms with Crippen LogP contribution in [-0.2, 0) is 11.2 Å². The Labute approximate surface area is 187 Å². The monoisotopic (exact) mass is 466 g/mol. The normalized spacial score (nSPS) is 16.7. The number of nitrogens with zero attached hydrogens (tertiary/aromatic N) is 2. The topological polar surface area (TPSA) is 65.7 Å². The second-order valence-electron chi connectivity index (χ2n) is 7.49. The third-order valence-electron chi connectivity index (χ3n) is 5.40. The maximum Gasteiger partial charge on any atom is 0.227 e. The molecule has 0 aliphatic carbocycles. The molecular weight excluding hydrogens is 449 g/mol. The minimum atomic E-state index is -0.639. The van der Waals surface area contributed by atoms with Crippen molar-refractivity contribution in [3.05, 3.63) is 69.7 Å². The average molecular weight is 467 g/mol. The molecule has 0 radical (unpaired) electrons. The first-order valence-corrected chi connectivity index (χ1v) is 10.3. The Hall–Kier alpha value is -2.77. The highest BCUT2D eigenvalue weighted by Crippen LogP contribution is 2.40. The first-order chi connectivity index (χ1) is 14.7. The van der Waals surface area contributed by atoms with Gasteiger partial charge in [-0.1, -0.05) is 29.3 Å². The smallest absolute Gasteiger partial charge is 0.227 e. The Kier molecular flexibility index (Phi) is 5.81. The molecule has 3 aromatic rings. The van der Waals surface area contributed by atoms with Crippen molar-refractivity contribution in [3.8, 4) is 17.4 Å². The molecule has 1 aromatic heterocycles. The predicted octanol–water partition coefficient (Wildman–Crippen LogP) is 5.46. The molecule has 9 heteroatoms. The van der Waals surface area contributed by atoms with Crippen molar-refractivity contribution in [3.63, 3.8) is 0 Å². The summed E-state index contributed by atoms with van der Waals surface area (Å²) < 4.78 is 28.4. The van der Waals surface area contributed by atoms with E-state index in [1.165, 1.54) is 41.3 Å². The number of aromatic hydroxyl groups is 2. The summed E-state index contributed by atoms with van der Waals surface area (Å²) >= 11 is 12.9. The van der Waals surface area contributed by atoms with Crippen LogP contribution in [-0.4, -0.2) is 27.2 Å². The van der Waals surface area contributed by atoms with Crippen LogP contribution in [0.25, 0.3) is 5.69 Å². The highest BCUT2D eigenvalue weighted by molar-refractivity contribution is 6.40. The highest BCUT2D eigenvalue weighted by Gasteiger charge is 2.30. The zero-order valence-electron chi connectivity index (χ0n) is 16.2. The van der Waals surface area contributed by atoms with Gasteiger partial charge in [-0.05, 0) is 42.5 Å². The molecule has 31 heavy (non-hydrogen) atoms. The van der Waals surface area contributed by atoms with Crippen LogP contribution in [0.2, 0.25) is 10.0 Å². The van der Waals surface area contributed by atoms with E-state index in [2.05, 4.69) is 0 Å². The summed E-state index contributed by atoms with van der Waals surface area (Å²) in [5.74, 6) is -1.89. The molecule has 1 fully saturated rings. The quantitative estimate of drug-likeness (QED) is 0.536. The van der Waals surface area contributed by atoms with Crippen LogP contribution < -0.4 is 4.90 Å². The number of aromatic nitrogens is 1. The van der Waals surface area contributed by atoms with Gasteiger partial charge < -0.3 is 15.1 Å². The van der Waals surface area contributed by atoms with Gasteiger partial charge in [0.05, 0.1) is 21.4 Å². The lowest BCUT2D eigenvalue weighted by molar-refractivity contribution is -0.120. The lowest BCUT2D eigenvalue weighted by atomic mass is 9.90. The second-order valence-corrected chi connectivity index (χ2v) is 8.31. The van der Waals surface area contributed by atoms with E-state index in [0.29, 0.717) is 29.8 Å². The summed E-state index contributed by atoms with van der Waals surface area (Å²) in [6.07, 6.45) is 1.14. The number of anilines is 1. The number of amides is 1. The SMILES string of the molecule is O=C1CCC(Cc2ccc(F)cc2F)CN1c1c(Cl)cc(-n2c(O)ccc2O)cc1Cl. The summed E-state index contributed by atoms with van der Waals surface area (Å²) in [5, 5.41) is 20.2. The van der Waals surface area contributed by atoms with Crippen molar-refractivity contribution < 1.29 is 23.8 Å². The van der Waals surface area contributed by atoms with Gasteiger partial charge in [0.25, 0.3) is 0 Å². The Morgan fingerprint density at radius 3 is 2.26 bits per heavy atom. The summed E-state index contributed by atoms with van der Waals surface area (Å²) in [4.78, 5) is 14.1. The average Bonchev–Trinajstić information content (AvgIpc) is 3.04. The van der Waals surface area contributed by atoms with Crippen LogP contribution in [0.1, 0.15) is 18.4 Å². The molecule has 1 unspecified atom stereocenters. The number of carbonyl (C=O) groups is 1. The molecule has 1 aliphatic heterocycles. The molecule has 2 heterocycles. The molecule has 1 aliphatic rings. The molecule has 2 N–H and O–H groups in total. The first kappa shape index (κ1) is 21.5. The van der Waals surface area contributed by atoms with E-state index in [1.54, 1.807) is 0 Å². The van der Waals surface area contributed by atoms with Crippen molar-refractivity contribution in [2.45, 2.75) is 19.3 Å². The van der Waals surface area contributed by atoms with E-state index in [0.717, 1.165) is 10.6 Å². The van der Waals surface area contributed by atoms with Crippen molar-refractivity contribution in [2.24, 2.45) is 5.92 Å². The molecule has 162 valence electrons. The minimum absolute atomic E-state index is 0.0676. The maximum atomic E-state index is 14.1. The Morgan fingerprint density at radius 1 is 1.00 bits per heavy atom. The van der Waals surface area contributed by atoms with E-state index < -0.39 is 11.6 Å². The summed E-state index contributed by atoms with van der Waals surface area (Å²) in [7, 11) is 0. The number of rotatable bonds is 4. The summed E-state index contributed by atoms with van der Waals surface area (Å²) in [5.41, 5.74) is 1.02. The van der Waals surface area contributed by atoms with Crippen molar-refractivity contribution in [1.29, 1.82) is 0 Å². The van der Waals surface area contributed by atoms with Gasteiger partial charge in [-0.25, -0.2) is 8.78 Å². The molecule has 1 amide bonds. The molecule has 5 nitrogen and oxygen atoms in total. The fourth-order valence-electron chi connectivity index (χ4n) is 3.91. The van der Waals surface area contributed by atoms with Gasteiger partial charge >= 0.3 is 0 Å². The number of benzene rings is 2. The van der Waals surface area contributed by atoms with Crippen LogP contribution >= 0.6 is 23.2 Å². The Balaban J connectivity index is 1.62. The zero-order chi connectivity index (χ0) is 22.3. The fourth-order valence-corrected chi connectivity index (χ4v) is 4.59. The van der Waals surface area contributed by atoms with E-state index in [4.69, 9.17) is 23.2 Å². The molecule has 4 rings (SSSR count). The van der Waals surface area contributed by atoms with Crippen LogP contribution in [0.5, 0.6) is 11.8 Å². The largest absolute Gasteiger partial charge is 0.494 e. The van der Waals surface area contributed by atoms with Crippen molar-refractivity contribution >= 4 is 34.8 Å². The van der Waals surface area contributed by atoms with Gasteiger partial charge in [0.2, 0.25) is 5.91 Å². The summed E-state index contributed by atoms with van der Waals surface area (Å²) in [6.45, 7) is 0.272. The number of hydrogen-bond acceptors (Lipinski definition) is 3. The highest BCUT2D eigenvalue weighted by atomic mass is 35.5. The van der Waals surface area contributed by atoms with E-state index in [9.17, 15) is 23.8 Å². The van der Waals surface area contributed by atoms with E-state index >= 15 is 0 Å². The predicted molar refractivity (Wildman–Crippen MR) is 114 cm³/mol. The summed E-state index contributed by atoms with van der Waals surface area (Å²) in [6, 6.07) is 9.08. The molecule has 2 aromatic carbocycles. The third kappa shape index (κ3) is 4.20. The number of halogens is 4. The standard InChI is InChI=1S/C22H18Cl2F2N2O3/c23-16-9-15(28-20(30)5-6-21(28)31)10-17(24)22(16)27-11-12(1-4-19(27)29)7-13-2-3-14(25)8-18(13)26/h2-3,5-6,8-10,12,30-31H,1,4,7,11H2.